The number of carboxylic acids is 2. The van der Waals surface area contributed by atoms with Gasteiger partial charge in [0.25, 0.3) is 10.1 Å². The van der Waals surface area contributed by atoms with Crippen molar-refractivity contribution in [2.45, 2.75) is 109 Å². The van der Waals surface area contributed by atoms with E-state index in [0.29, 0.717) is 25.7 Å². The zero-order valence-electron chi connectivity index (χ0n) is 18.0. The fourth-order valence-electron chi connectivity index (χ4n) is 3.77. The second kappa shape index (κ2) is 17.0. The first-order valence-electron chi connectivity index (χ1n) is 10.5. The number of carbonyl (C=O) groups excluding carboxylic acids is 2. The second-order valence-corrected chi connectivity index (χ2v) is 9.19. The van der Waals surface area contributed by atoms with E-state index in [9.17, 15) is 32.8 Å². The number of unbranched alkanes of at least 4 members (excludes halogenated alkanes) is 10. The molecular weight excluding hydrogens is 522 g/mol. The summed E-state index contributed by atoms with van der Waals surface area (Å²) in [5, 5.41) is 21.0. The Bertz CT molecular complexity index is 547. The molecule has 0 aliphatic rings. The van der Waals surface area contributed by atoms with E-state index in [1.807, 2.05) is 0 Å². The molecule has 1 N–H and O–H groups in total. The maximum absolute atomic E-state index is 12.0. The molecule has 0 fully saturated rings. The van der Waals surface area contributed by atoms with Gasteiger partial charge in [0.2, 0.25) is 0 Å². The van der Waals surface area contributed by atoms with Crippen LogP contribution in [0.2, 0.25) is 0 Å². The van der Waals surface area contributed by atoms with Gasteiger partial charge in [0.05, 0.1) is 5.97 Å². The summed E-state index contributed by atoms with van der Waals surface area (Å²) in [6.07, 6.45) is 9.57. The van der Waals surface area contributed by atoms with Crippen molar-refractivity contribution < 1.29 is 32.8 Å². The zero-order chi connectivity index (χ0) is 21.6. The van der Waals surface area contributed by atoms with E-state index in [-0.39, 0.29) is 61.7 Å². The topological polar surface area (TPSA) is 135 Å². The monoisotopic (exact) mass is 558 g/mol. The molecule has 0 aliphatic heterocycles. The van der Waals surface area contributed by atoms with Gasteiger partial charge in [0.1, 0.15) is 5.25 Å². The maximum Gasteiger partial charge on any atom is 2.00 e. The van der Waals surface area contributed by atoms with Crippen LogP contribution in [0.5, 0.6) is 0 Å². The third kappa shape index (κ3) is 12.1. The molecule has 29 heavy (non-hydrogen) atoms. The van der Waals surface area contributed by atoms with Crippen LogP contribution in [-0.4, -0.2) is 79.0 Å². The predicted molar refractivity (Wildman–Crippen MR) is 110 cm³/mol. The minimum Gasteiger partial charge on any atom is -0.549 e. The Balaban J connectivity index is 0. The molecule has 0 rings (SSSR count). The van der Waals surface area contributed by atoms with Gasteiger partial charge in [-0.3, -0.25) is 4.55 Å². The van der Waals surface area contributed by atoms with E-state index in [1.54, 1.807) is 0 Å². The summed E-state index contributed by atoms with van der Waals surface area (Å²) < 4.78 is 32.9. The maximum atomic E-state index is 12.0. The molecule has 7 nitrogen and oxygen atoms in total. The molecule has 0 bridgehead atoms. The van der Waals surface area contributed by atoms with Crippen LogP contribution in [0.25, 0.3) is 0 Å². The Morgan fingerprint density at radius 3 is 1.41 bits per heavy atom. The first kappa shape index (κ1) is 31.6. The van der Waals surface area contributed by atoms with Gasteiger partial charge < -0.3 is 19.8 Å². The van der Waals surface area contributed by atoms with E-state index in [4.69, 9.17) is 0 Å². The largest absolute Gasteiger partial charge is 2.00 e. The Labute approximate surface area is 216 Å². The zero-order valence-corrected chi connectivity index (χ0v) is 23.2. The van der Waals surface area contributed by atoms with Gasteiger partial charge in [-0.25, -0.2) is 0 Å². The van der Waals surface area contributed by atoms with Crippen LogP contribution in [0.4, 0.5) is 0 Å². The Kier molecular flexibility index (Phi) is 18.6. The van der Waals surface area contributed by atoms with E-state index in [2.05, 4.69) is 13.8 Å². The molecule has 0 aromatic heterocycles. The molecule has 0 radical (unpaired) electrons. The summed E-state index contributed by atoms with van der Waals surface area (Å²) in [6.45, 7) is 4.14. The van der Waals surface area contributed by atoms with Crippen LogP contribution >= 0.6 is 0 Å². The molecule has 1 atom stereocenters. The molecule has 0 aromatic rings. The van der Waals surface area contributed by atoms with Crippen molar-refractivity contribution in [3.63, 3.8) is 0 Å². The Morgan fingerprint density at radius 1 is 0.793 bits per heavy atom. The molecule has 9 heteroatoms. The normalized spacial score (nSPS) is 12.9. The minimum absolute atomic E-state index is 0. The molecule has 1 unspecified atom stereocenters. The summed E-state index contributed by atoms with van der Waals surface area (Å²) >= 11 is 0. The fraction of sp³-hybridized carbons (Fsp3) is 0.900. The van der Waals surface area contributed by atoms with Crippen LogP contribution in [0.15, 0.2) is 0 Å². The average molecular weight is 558 g/mol. The molecule has 0 aliphatic carbocycles. The van der Waals surface area contributed by atoms with Crippen LogP contribution in [0.1, 0.15) is 104 Å². The smallest absolute Gasteiger partial charge is 0.549 e. The van der Waals surface area contributed by atoms with Gasteiger partial charge in [-0.1, -0.05) is 90.9 Å². The van der Waals surface area contributed by atoms with Gasteiger partial charge in [0.15, 0.2) is 0 Å². The van der Waals surface area contributed by atoms with E-state index in [0.717, 1.165) is 51.4 Å². The summed E-state index contributed by atoms with van der Waals surface area (Å²) in [7, 11) is -5.15. The standard InChI is InChI=1S/C20H38O7S.Ba/c1-3-5-7-9-11-13-15-20(19(23)24,16-14-12-10-8-6-4-2)17(18(21)22)28(25,26)27;/h17H,3-16H2,1-2H3,(H,21,22)(H,23,24)(H,25,26,27);/q;+2/p-2. The summed E-state index contributed by atoms with van der Waals surface area (Å²) in [4.78, 5) is 23.5. The minimum atomic E-state index is -5.15. The van der Waals surface area contributed by atoms with Crippen LogP contribution in [-0.2, 0) is 19.7 Å². The van der Waals surface area contributed by atoms with Gasteiger partial charge in [-0.2, -0.15) is 8.42 Å². The van der Waals surface area contributed by atoms with Crippen LogP contribution in [0.3, 0.4) is 0 Å². The molecule has 0 aromatic carbocycles. The quantitative estimate of drug-likeness (QED) is 0.154. The third-order valence-electron chi connectivity index (χ3n) is 5.37. The molecule has 0 heterocycles. The summed E-state index contributed by atoms with van der Waals surface area (Å²) in [5.74, 6) is -3.84. The van der Waals surface area contributed by atoms with Crippen LogP contribution < -0.4 is 10.2 Å². The van der Waals surface area contributed by atoms with Gasteiger partial charge in [-0.05, 0) is 12.8 Å². The number of carbonyl (C=O) groups is 2. The average Bonchev–Trinajstić information content (AvgIpc) is 2.58. The molecule has 0 saturated heterocycles. The van der Waals surface area contributed by atoms with E-state index < -0.39 is 32.7 Å². The summed E-state index contributed by atoms with van der Waals surface area (Å²) in [6, 6.07) is 0. The van der Waals surface area contributed by atoms with E-state index in [1.165, 1.54) is 0 Å². The van der Waals surface area contributed by atoms with Crippen LogP contribution in [0, 0.1) is 5.41 Å². The molecule has 0 spiro atoms. The van der Waals surface area contributed by atoms with Crippen molar-refractivity contribution in [3.05, 3.63) is 0 Å². The SMILES string of the molecule is CCCCCCCCC(CCCCCCCC)(C(=O)[O-])C(C(=O)[O-])S(=O)(=O)O.[Ba+2]. The number of hydrogen-bond acceptors (Lipinski definition) is 6. The van der Waals surface area contributed by atoms with Gasteiger partial charge >= 0.3 is 48.9 Å². The Hall–Kier alpha value is 0.421. The van der Waals surface area contributed by atoms with Gasteiger partial charge in [0, 0.05) is 11.4 Å². The van der Waals surface area contributed by atoms with Gasteiger partial charge in [-0.15, -0.1) is 0 Å². The number of hydrogen-bond donors (Lipinski definition) is 1. The first-order valence-corrected chi connectivity index (χ1v) is 12.0. The van der Waals surface area contributed by atoms with Crippen molar-refractivity contribution in [1.82, 2.24) is 0 Å². The first-order chi connectivity index (χ1) is 13.1. The number of carboxylic acid groups (broad SMARTS) is 2. The number of aliphatic carboxylic acids is 2. The second-order valence-electron chi connectivity index (χ2n) is 7.69. The van der Waals surface area contributed by atoms with E-state index >= 15 is 0 Å². The van der Waals surface area contributed by atoms with Crippen molar-refractivity contribution in [2.75, 3.05) is 0 Å². The van der Waals surface area contributed by atoms with Crippen molar-refractivity contribution in [1.29, 1.82) is 0 Å². The number of rotatable bonds is 18. The molecule has 166 valence electrons. The fourth-order valence-corrected chi connectivity index (χ4v) is 4.92. The van der Waals surface area contributed by atoms with Crippen molar-refractivity contribution >= 4 is 70.9 Å². The predicted octanol–water partition coefficient (Wildman–Crippen LogP) is 1.85. The molecule has 0 saturated carbocycles. The molecular formula is C20H36BaO7S. The summed E-state index contributed by atoms with van der Waals surface area (Å²) in [5.41, 5.74) is -2.18. The third-order valence-corrected chi connectivity index (χ3v) is 6.61. The molecule has 0 amide bonds. The van der Waals surface area contributed by atoms with Crippen molar-refractivity contribution in [2.24, 2.45) is 5.41 Å². The van der Waals surface area contributed by atoms with Crippen molar-refractivity contribution in [3.8, 4) is 0 Å². The Morgan fingerprint density at radius 2 is 1.14 bits per heavy atom.